The number of hydrogen-bond donors (Lipinski definition) is 0. The average Bonchev–Trinajstić information content (AvgIpc) is 2.48. The molecule has 0 heterocycles. The van der Waals surface area contributed by atoms with E-state index in [4.69, 9.17) is 4.74 Å². The molecule has 0 radical (unpaired) electrons. The third-order valence-corrected chi connectivity index (χ3v) is 3.48. The van der Waals surface area contributed by atoms with Gasteiger partial charge in [-0.05, 0) is 32.2 Å². The van der Waals surface area contributed by atoms with Gasteiger partial charge in [-0.15, -0.1) is 0 Å². The average molecular weight is 271 g/mol. The molecule has 1 unspecified atom stereocenters. The van der Waals surface area contributed by atoms with Crippen molar-refractivity contribution in [1.29, 1.82) is 0 Å². The zero-order valence-corrected chi connectivity index (χ0v) is 12.3. The number of benzene rings is 2. The van der Waals surface area contributed by atoms with Gasteiger partial charge in [-0.3, -0.25) is 4.79 Å². The van der Waals surface area contributed by atoms with Crippen molar-refractivity contribution < 1.29 is 9.53 Å². The Balaban J connectivity index is 2.22. The van der Waals surface area contributed by atoms with Crippen LogP contribution in [0.3, 0.4) is 0 Å². The van der Waals surface area contributed by atoms with E-state index in [9.17, 15) is 4.79 Å². The highest BCUT2D eigenvalue weighted by Gasteiger charge is 2.20. The predicted octanol–water partition coefficient (Wildman–Crippen LogP) is 3.48. The third kappa shape index (κ3) is 2.93. The Hall–Kier alpha value is -2.03. The van der Waals surface area contributed by atoms with Crippen LogP contribution in [-0.4, -0.2) is 30.0 Å². The van der Waals surface area contributed by atoms with E-state index in [1.165, 1.54) is 0 Å². The standard InChI is InChI=1S/C17H21NO2/c1-4-18(5-2)17(19)13(3)20-16-12-8-10-14-9-6-7-11-15(14)16/h6-13H,4-5H2,1-3H3. The van der Waals surface area contributed by atoms with Crippen LogP contribution in [-0.2, 0) is 4.79 Å². The van der Waals surface area contributed by atoms with Crippen LogP contribution in [0.15, 0.2) is 42.5 Å². The van der Waals surface area contributed by atoms with Crippen molar-refractivity contribution >= 4 is 16.7 Å². The normalized spacial score (nSPS) is 12.2. The fourth-order valence-electron chi connectivity index (χ4n) is 2.33. The molecule has 3 heteroatoms. The zero-order chi connectivity index (χ0) is 14.5. The number of ether oxygens (including phenoxy) is 1. The van der Waals surface area contributed by atoms with Crippen LogP contribution in [0.1, 0.15) is 20.8 Å². The molecule has 20 heavy (non-hydrogen) atoms. The topological polar surface area (TPSA) is 29.5 Å². The summed E-state index contributed by atoms with van der Waals surface area (Å²) >= 11 is 0. The van der Waals surface area contributed by atoms with Gasteiger partial charge in [0.2, 0.25) is 0 Å². The van der Waals surface area contributed by atoms with Crippen molar-refractivity contribution in [2.45, 2.75) is 26.9 Å². The largest absolute Gasteiger partial charge is 0.480 e. The fraction of sp³-hybridized carbons (Fsp3) is 0.353. The highest BCUT2D eigenvalue weighted by molar-refractivity contribution is 5.89. The van der Waals surface area contributed by atoms with Crippen LogP contribution in [0.5, 0.6) is 5.75 Å². The molecule has 0 aliphatic rings. The van der Waals surface area contributed by atoms with E-state index in [0.717, 1.165) is 16.5 Å². The molecular formula is C17H21NO2. The lowest BCUT2D eigenvalue weighted by atomic mass is 10.1. The highest BCUT2D eigenvalue weighted by atomic mass is 16.5. The Labute approximate surface area is 120 Å². The number of rotatable bonds is 5. The molecule has 0 aliphatic carbocycles. The molecule has 3 nitrogen and oxygen atoms in total. The first-order valence-electron chi connectivity index (χ1n) is 7.10. The van der Waals surface area contributed by atoms with Gasteiger partial charge in [0, 0.05) is 18.5 Å². The van der Waals surface area contributed by atoms with E-state index < -0.39 is 6.10 Å². The number of carbonyl (C=O) groups is 1. The number of fused-ring (bicyclic) bond motifs is 1. The van der Waals surface area contributed by atoms with Crippen molar-refractivity contribution in [2.24, 2.45) is 0 Å². The second-order valence-electron chi connectivity index (χ2n) is 4.75. The summed E-state index contributed by atoms with van der Waals surface area (Å²) in [5.74, 6) is 0.791. The van der Waals surface area contributed by atoms with Crippen LogP contribution >= 0.6 is 0 Å². The van der Waals surface area contributed by atoms with Crippen molar-refractivity contribution in [3.05, 3.63) is 42.5 Å². The maximum Gasteiger partial charge on any atom is 0.263 e. The van der Waals surface area contributed by atoms with E-state index in [-0.39, 0.29) is 5.91 Å². The maximum absolute atomic E-state index is 12.2. The molecule has 0 saturated heterocycles. The molecule has 106 valence electrons. The second kappa shape index (κ2) is 6.42. The third-order valence-electron chi connectivity index (χ3n) is 3.48. The maximum atomic E-state index is 12.2. The van der Waals surface area contributed by atoms with E-state index in [1.54, 1.807) is 4.90 Å². The summed E-state index contributed by atoms with van der Waals surface area (Å²) in [6.07, 6.45) is -0.472. The molecule has 1 amide bonds. The summed E-state index contributed by atoms with van der Waals surface area (Å²) < 4.78 is 5.88. The smallest absolute Gasteiger partial charge is 0.263 e. The van der Waals surface area contributed by atoms with Gasteiger partial charge in [0.25, 0.3) is 5.91 Å². The first-order valence-corrected chi connectivity index (χ1v) is 7.10. The van der Waals surface area contributed by atoms with Gasteiger partial charge in [0.15, 0.2) is 6.10 Å². The van der Waals surface area contributed by atoms with Crippen LogP contribution in [0.4, 0.5) is 0 Å². The van der Waals surface area contributed by atoms with Gasteiger partial charge >= 0.3 is 0 Å². The Bertz CT molecular complexity index is 585. The molecular weight excluding hydrogens is 250 g/mol. The van der Waals surface area contributed by atoms with Gasteiger partial charge in [0.05, 0.1) is 0 Å². The van der Waals surface area contributed by atoms with Crippen LogP contribution in [0, 0.1) is 0 Å². The minimum atomic E-state index is -0.472. The summed E-state index contributed by atoms with van der Waals surface area (Å²) in [6.45, 7) is 7.18. The summed E-state index contributed by atoms with van der Waals surface area (Å²) in [5, 5.41) is 2.15. The van der Waals surface area contributed by atoms with E-state index in [2.05, 4.69) is 0 Å². The Morgan fingerprint density at radius 2 is 1.75 bits per heavy atom. The minimum Gasteiger partial charge on any atom is -0.480 e. The lowest BCUT2D eigenvalue weighted by molar-refractivity contribution is -0.137. The Kier molecular flexibility index (Phi) is 4.61. The molecule has 0 spiro atoms. The highest BCUT2D eigenvalue weighted by Crippen LogP contribution is 2.26. The minimum absolute atomic E-state index is 0.0305. The second-order valence-corrected chi connectivity index (χ2v) is 4.75. The quantitative estimate of drug-likeness (QED) is 0.833. The molecule has 0 fully saturated rings. The number of carbonyl (C=O) groups excluding carboxylic acids is 1. The molecule has 0 saturated carbocycles. The molecule has 2 aromatic rings. The number of hydrogen-bond acceptors (Lipinski definition) is 2. The lowest BCUT2D eigenvalue weighted by Crippen LogP contribution is -2.40. The van der Waals surface area contributed by atoms with Crippen molar-refractivity contribution in [3.63, 3.8) is 0 Å². The molecule has 0 aliphatic heterocycles. The van der Waals surface area contributed by atoms with Crippen molar-refractivity contribution in [2.75, 3.05) is 13.1 Å². The van der Waals surface area contributed by atoms with Gasteiger partial charge in [-0.25, -0.2) is 0 Å². The lowest BCUT2D eigenvalue weighted by Gasteiger charge is -2.23. The predicted molar refractivity (Wildman–Crippen MR) is 82.0 cm³/mol. The molecule has 0 aromatic heterocycles. The van der Waals surface area contributed by atoms with Gasteiger partial charge in [-0.2, -0.15) is 0 Å². The van der Waals surface area contributed by atoms with Crippen LogP contribution < -0.4 is 4.74 Å². The Morgan fingerprint density at radius 3 is 2.45 bits per heavy atom. The molecule has 2 aromatic carbocycles. The number of likely N-dealkylation sites (N-methyl/N-ethyl adjacent to an activating group) is 1. The molecule has 2 rings (SSSR count). The number of amides is 1. The van der Waals surface area contributed by atoms with Crippen LogP contribution in [0.25, 0.3) is 10.8 Å². The Morgan fingerprint density at radius 1 is 1.10 bits per heavy atom. The fourth-order valence-corrected chi connectivity index (χ4v) is 2.33. The van der Waals surface area contributed by atoms with Gasteiger partial charge in [0.1, 0.15) is 5.75 Å². The summed E-state index contributed by atoms with van der Waals surface area (Å²) in [5.41, 5.74) is 0. The monoisotopic (exact) mass is 271 g/mol. The van der Waals surface area contributed by atoms with Gasteiger partial charge in [-0.1, -0.05) is 36.4 Å². The van der Waals surface area contributed by atoms with Crippen molar-refractivity contribution in [3.8, 4) is 5.75 Å². The first kappa shape index (κ1) is 14.4. The van der Waals surface area contributed by atoms with E-state index in [0.29, 0.717) is 13.1 Å². The molecule has 1 atom stereocenters. The zero-order valence-electron chi connectivity index (χ0n) is 12.3. The summed E-state index contributed by atoms with van der Waals surface area (Å²) in [7, 11) is 0. The first-order chi connectivity index (χ1) is 9.67. The SMILES string of the molecule is CCN(CC)C(=O)C(C)Oc1cccc2ccccc12. The molecule has 0 N–H and O–H groups in total. The summed E-state index contributed by atoms with van der Waals surface area (Å²) in [6, 6.07) is 13.9. The van der Waals surface area contributed by atoms with Crippen molar-refractivity contribution in [1.82, 2.24) is 4.90 Å². The van der Waals surface area contributed by atoms with Gasteiger partial charge < -0.3 is 9.64 Å². The molecule has 0 bridgehead atoms. The number of nitrogens with zero attached hydrogens (tertiary/aromatic N) is 1. The van der Waals surface area contributed by atoms with E-state index in [1.807, 2.05) is 63.2 Å². The van der Waals surface area contributed by atoms with Crippen LogP contribution in [0.2, 0.25) is 0 Å². The summed E-state index contributed by atoms with van der Waals surface area (Å²) in [4.78, 5) is 14.0. The van der Waals surface area contributed by atoms with E-state index >= 15 is 0 Å².